The molecule has 1 aromatic rings. The first-order chi connectivity index (χ1) is 7.39. The monoisotopic (exact) mass is 238 g/mol. The molecule has 0 atom stereocenters. The molecule has 3 nitrogen and oxygen atoms in total. The number of benzene rings is 1. The maximum Gasteiger partial charge on any atom is 0.246 e. The molecule has 0 bridgehead atoms. The Hall–Kier alpha value is -1.22. The lowest BCUT2D eigenvalue weighted by atomic mass is 10.0. The van der Waals surface area contributed by atoms with Crippen LogP contribution in [0.1, 0.15) is 20.8 Å². The number of nitrogens with one attached hydrogen (secondary N) is 1. The van der Waals surface area contributed by atoms with Gasteiger partial charge in [-0.1, -0.05) is 11.6 Å². The largest absolute Gasteiger partial charge is 0.374 e. The second-order valence-corrected chi connectivity index (χ2v) is 5.35. The molecule has 1 aliphatic rings. The van der Waals surface area contributed by atoms with Crippen LogP contribution in [0.25, 0.3) is 0 Å². The molecule has 1 N–H and O–H groups in total. The Morgan fingerprint density at radius 2 is 2.06 bits per heavy atom. The third-order valence-corrected chi connectivity index (χ3v) is 2.78. The average Bonchev–Trinajstić information content (AvgIpc) is 2.16. The van der Waals surface area contributed by atoms with Gasteiger partial charge in [0, 0.05) is 10.6 Å². The Labute approximate surface area is 100 Å². The fraction of sp³-hybridized carbons (Fsp3) is 0.417. The van der Waals surface area contributed by atoms with E-state index in [0.29, 0.717) is 11.6 Å². The second-order valence-electron chi connectivity index (χ2n) is 4.91. The summed E-state index contributed by atoms with van der Waals surface area (Å²) < 4.78 is 0. The SMILES string of the molecule is CC(C)(C)N1C(=O)CNc2cc(Cl)ccc21. The van der Waals surface area contributed by atoms with E-state index in [1.54, 1.807) is 6.07 Å². The van der Waals surface area contributed by atoms with Gasteiger partial charge >= 0.3 is 0 Å². The highest BCUT2D eigenvalue weighted by Crippen LogP contribution is 2.35. The zero-order chi connectivity index (χ0) is 11.9. The molecule has 0 radical (unpaired) electrons. The van der Waals surface area contributed by atoms with Crippen molar-refractivity contribution in [3.05, 3.63) is 23.2 Å². The minimum absolute atomic E-state index is 0.0855. The second kappa shape index (κ2) is 3.67. The van der Waals surface area contributed by atoms with Crippen LogP contribution in [0, 0.1) is 0 Å². The Morgan fingerprint density at radius 3 is 2.69 bits per heavy atom. The molecular weight excluding hydrogens is 224 g/mol. The number of hydrogen-bond donors (Lipinski definition) is 1. The van der Waals surface area contributed by atoms with Crippen molar-refractivity contribution in [1.82, 2.24) is 0 Å². The summed E-state index contributed by atoms with van der Waals surface area (Å²) in [5.41, 5.74) is 1.59. The van der Waals surface area contributed by atoms with Gasteiger partial charge in [0.2, 0.25) is 5.91 Å². The van der Waals surface area contributed by atoms with Crippen LogP contribution in [0.5, 0.6) is 0 Å². The Morgan fingerprint density at radius 1 is 1.38 bits per heavy atom. The molecule has 1 amide bonds. The van der Waals surface area contributed by atoms with Gasteiger partial charge < -0.3 is 10.2 Å². The van der Waals surface area contributed by atoms with E-state index in [2.05, 4.69) is 5.32 Å². The number of rotatable bonds is 0. The number of fused-ring (bicyclic) bond motifs is 1. The number of carbonyl (C=O) groups is 1. The quantitative estimate of drug-likeness (QED) is 0.754. The van der Waals surface area contributed by atoms with Crippen LogP contribution in [-0.4, -0.2) is 18.0 Å². The van der Waals surface area contributed by atoms with Crippen molar-refractivity contribution in [2.75, 3.05) is 16.8 Å². The number of amides is 1. The first-order valence-electron chi connectivity index (χ1n) is 5.26. The molecule has 0 fully saturated rings. The van der Waals surface area contributed by atoms with Gasteiger partial charge in [0.25, 0.3) is 0 Å². The summed E-state index contributed by atoms with van der Waals surface area (Å²) in [6, 6.07) is 5.54. The zero-order valence-electron chi connectivity index (χ0n) is 9.67. The lowest BCUT2D eigenvalue weighted by Gasteiger charge is -2.39. The lowest BCUT2D eigenvalue weighted by Crippen LogP contribution is -2.50. The van der Waals surface area contributed by atoms with Crippen molar-refractivity contribution in [3.8, 4) is 0 Å². The van der Waals surface area contributed by atoms with Crippen LogP contribution in [-0.2, 0) is 4.79 Å². The molecule has 0 saturated heterocycles. The molecule has 0 spiro atoms. The predicted octanol–water partition coefficient (Wildman–Crippen LogP) is 2.90. The average molecular weight is 239 g/mol. The minimum atomic E-state index is -0.220. The molecule has 16 heavy (non-hydrogen) atoms. The molecule has 2 rings (SSSR count). The highest BCUT2D eigenvalue weighted by Gasteiger charge is 2.32. The predicted molar refractivity (Wildman–Crippen MR) is 67.2 cm³/mol. The van der Waals surface area contributed by atoms with Crippen molar-refractivity contribution in [1.29, 1.82) is 0 Å². The molecule has 1 heterocycles. The normalized spacial score (nSPS) is 15.8. The van der Waals surface area contributed by atoms with Gasteiger partial charge in [-0.05, 0) is 39.0 Å². The summed E-state index contributed by atoms with van der Waals surface area (Å²) in [4.78, 5) is 13.7. The third kappa shape index (κ3) is 1.87. The standard InChI is InChI=1S/C12H15ClN2O/c1-12(2,3)15-10-5-4-8(13)6-9(10)14-7-11(15)16/h4-6,14H,7H2,1-3H3. The van der Waals surface area contributed by atoms with E-state index in [1.165, 1.54) is 0 Å². The minimum Gasteiger partial charge on any atom is -0.374 e. The van der Waals surface area contributed by atoms with Crippen LogP contribution in [0.2, 0.25) is 5.02 Å². The summed E-state index contributed by atoms with van der Waals surface area (Å²) in [6.07, 6.45) is 0. The summed E-state index contributed by atoms with van der Waals surface area (Å²) in [7, 11) is 0. The van der Waals surface area contributed by atoms with Gasteiger partial charge in [-0.2, -0.15) is 0 Å². The van der Waals surface area contributed by atoms with Crippen LogP contribution in [0.3, 0.4) is 0 Å². The van der Waals surface area contributed by atoms with Gasteiger partial charge in [0.15, 0.2) is 0 Å². The summed E-state index contributed by atoms with van der Waals surface area (Å²) in [5, 5.41) is 3.76. The fourth-order valence-corrected chi connectivity index (χ4v) is 2.14. The number of hydrogen-bond acceptors (Lipinski definition) is 2. The van der Waals surface area contributed by atoms with Crippen LogP contribution in [0.15, 0.2) is 18.2 Å². The highest BCUT2D eigenvalue weighted by atomic mass is 35.5. The van der Waals surface area contributed by atoms with Crippen molar-refractivity contribution in [2.24, 2.45) is 0 Å². The van der Waals surface area contributed by atoms with Crippen LogP contribution in [0.4, 0.5) is 11.4 Å². The van der Waals surface area contributed by atoms with E-state index in [9.17, 15) is 4.79 Å². The summed E-state index contributed by atoms with van der Waals surface area (Å²) in [6.45, 7) is 6.39. The molecule has 4 heteroatoms. The van der Waals surface area contributed by atoms with Gasteiger partial charge in [0.05, 0.1) is 17.9 Å². The molecule has 1 aromatic carbocycles. The highest BCUT2D eigenvalue weighted by molar-refractivity contribution is 6.31. The fourth-order valence-electron chi connectivity index (χ4n) is 1.96. The topological polar surface area (TPSA) is 32.3 Å². The van der Waals surface area contributed by atoms with E-state index < -0.39 is 0 Å². The maximum absolute atomic E-state index is 11.9. The van der Waals surface area contributed by atoms with Crippen LogP contribution >= 0.6 is 11.6 Å². The van der Waals surface area contributed by atoms with Crippen molar-refractivity contribution >= 4 is 28.9 Å². The first-order valence-corrected chi connectivity index (χ1v) is 5.64. The van der Waals surface area contributed by atoms with Crippen molar-refractivity contribution in [3.63, 3.8) is 0 Å². The number of nitrogens with zero attached hydrogens (tertiary/aromatic N) is 1. The summed E-state index contributed by atoms with van der Waals surface area (Å²) >= 11 is 5.93. The van der Waals surface area contributed by atoms with Crippen molar-refractivity contribution < 1.29 is 4.79 Å². The molecular formula is C12H15ClN2O. The van der Waals surface area contributed by atoms with E-state index in [-0.39, 0.29) is 11.4 Å². The smallest absolute Gasteiger partial charge is 0.246 e. The molecule has 0 aliphatic carbocycles. The zero-order valence-corrected chi connectivity index (χ0v) is 10.4. The van der Waals surface area contributed by atoms with Gasteiger partial charge in [0.1, 0.15) is 0 Å². The molecule has 0 saturated carbocycles. The van der Waals surface area contributed by atoms with E-state index >= 15 is 0 Å². The number of anilines is 2. The van der Waals surface area contributed by atoms with Crippen LogP contribution < -0.4 is 10.2 Å². The Bertz CT molecular complexity index is 437. The first kappa shape index (κ1) is 11.3. The van der Waals surface area contributed by atoms with E-state index in [1.807, 2.05) is 37.8 Å². The number of carbonyl (C=O) groups excluding carboxylic acids is 1. The molecule has 86 valence electrons. The molecule has 1 aliphatic heterocycles. The summed E-state index contributed by atoms with van der Waals surface area (Å²) in [5.74, 6) is 0.0855. The van der Waals surface area contributed by atoms with Crippen molar-refractivity contribution in [2.45, 2.75) is 26.3 Å². The Balaban J connectivity index is 2.53. The van der Waals surface area contributed by atoms with Gasteiger partial charge in [-0.25, -0.2) is 0 Å². The lowest BCUT2D eigenvalue weighted by molar-refractivity contribution is -0.118. The Kier molecular flexibility index (Phi) is 2.58. The third-order valence-electron chi connectivity index (χ3n) is 2.55. The number of halogens is 1. The van der Waals surface area contributed by atoms with Gasteiger partial charge in [-0.15, -0.1) is 0 Å². The molecule has 0 unspecified atom stereocenters. The molecule has 0 aromatic heterocycles. The van der Waals surface area contributed by atoms with Gasteiger partial charge in [-0.3, -0.25) is 4.79 Å². The maximum atomic E-state index is 11.9. The van der Waals surface area contributed by atoms with E-state index in [4.69, 9.17) is 11.6 Å². The van der Waals surface area contributed by atoms with E-state index in [0.717, 1.165) is 11.4 Å².